The Morgan fingerprint density at radius 2 is 2.13 bits per heavy atom. The maximum atomic E-state index is 9.72. The summed E-state index contributed by atoms with van der Waals surface area (Å²) >= 11 is 6.37. The van der Waals surface area contributed by atoms with Crippen LogP contribution in [0.1, 0.15) is 35.7 Å². The molecule has 23 heavy (non-hydrogen) atoms. The zero-order valence-corrected chi connectivity index (χ0v) is 14.2. The van der Waals surface area contributed by atoms with Crippen molar-refractivity contribution in [1.82, 2.24) is 24.5 Å². The smallest absolute Gasteiger partial charge is 0.131 e. The Hall–Kier alpha value is -1.41. The van der Waals surface area contributed by atoms with Crippen LogP contribution in [-0.4, -0.2) is 47.8 Å². The van der Waals surface area contributed by atoms with Crippen LogP contribution in [0.15, 0.2) is 6.07 Å². The van der Waals surface area contributed by atoms with Gasteiger partial charge in [-0.2, -0.15) is 10.2 Å². The molecule has 0 aromatic carbocycles. The predicted octanol–water partition coefficient (Wildman–Crippen LogP) is 0.874. The number of fused-ring (bicyclic) bond motifs is 1. The van der Waals surface area contributed by atoms with Crippen molar-refractivity contribution in [2.45, 2.75) is 39.1 Å². The lowest BCUT2D eigenvalue weighted by Crippen LogP contribution is -2.33. The molecule has 1 aliphatic heterocycles. The number of aromatic nitrogens is 4. The molecule has 2 aromatic rings. The van der Waals surface area contributed by atoms with E-state index in [2.05, 4.69) is 22.0 Å². The summed E-state index contributed by atoms with van der Waals surface area (Å²) in [5.41, 5.74) is 3.68. The van der Waals surface area contributed by atoms with Gasteiger partial charge in [-0.3, -0.25) is 14.3 Å². The van der Waals surface area contributed by atoms with Crippen molar-refractivity contribution in [3.8, 4) is 0 Å². The summed E-state index contributed by atoms with van der Waals surface area (Å²) in [5.74, 6) is 0. The van der Waals surface area contributed by atoms with E-state index in [0.29, 0.717) is 10.8 Å². The Morgan fingerprint density at radius 3 is 2.83 bits per heavy atom. The maximum absolute atomic E-state index is 9.72. The SMILES string of the molecule is CCc1nn(C)c(Cl)c1CN1CCn2nc([C@@H](O)CO)cc2C1. The highest BCUT2D eigenvalue weighted by molar-refractivity contribution is 6.30. The summed E-state index contributed by atoms with van der Waals surface area (Å²) in [6, 6.07) is 1.86. The third-order valence-electron chi connectivity index (χ3n) is 4.28. The first kappa shape index (κ1) is 16.4. The predicted molar refractivity (Wildman–Crippen MR) is 86.0 cm³/mol. The number of nitrogens with zero attached hydrogens (tertiary/aromatic N) is 5. The fraction of sp³-hybridized carbons (Fsp3) is 0.600. The van der Waals surface area contributed by atoms with Crippen LogP contribution >= 0.6 is 11.6 Å². The molecule has 0 bridgehead atoms. The van der Waals surface area contributed by atoms with Crippen molar-refractivity contribution >= 4 is 11.6 Å². The van der Waals surface area contributed by atoms with Crippen LogP contribution in [0.5, 0.6) is 0 Å². The summed E-state index contributed by atoms with van der Waals surface area (Å²) in [7, 11) is 1.86. The summed E-state index contributed by atoms with van der Waals surface area (Å²) in [6.07, 6.45) is -0.0601. The van der Waals surface area contributed by atoms with Crippen LogP contribution in [0, 0.1) is 0 Å². The molecule has 0 radical (unpaired) electrons. The highest BCUT2D eigenvalue weighted by Crippen LogP contribution is 2.24. The molecule has 0 unspecified atom stereocenters. The number of aryl methyl sites for hydroxylation is 2. The molecule has 0 saturated carbocycles. The number of hydrogen-bond acceptors (Lipinski definition) is 5. The Labute approximate surface area is 140 Å². The molecule has 7 nitrogen and oxygen atoms in total. The molecule has 2 N–H and O–H groups in total. The number of halogens is 1. The first-order chi connectivity index (χ1) is 11.0. The summed E-state index contributed by atoms with van der Waals surface area (Å²) in [4.78, 5) is 2.30. The Balaban J connectivity index is 1.76. The van der Waals surface area contributed by atoms with Crippen LogP contribution in [0.3, 0.4) is 0 Å². The fourth-order valence-corrected chi connectivity index (χ4v) is 3.20. The zero-order chi connectivity index (χ0) is 16.6. The van der Waals surface area contributed by atoms with Crippen molar-refractivity contribution < 1.29 is 10.2 Å². The lowest BCUT2D eigenvalue weighted by molar-refractivity contribution is 0.0915. The highest BCUT2D eigenvalue weighted by Gasteiger charge is 2.23. The van der Waals surface area contributed by atoms with Gasteiger partial charge in [0.1, 0.15) is 11.3 Å². The van der Waals surface area contributed by atoms with E-state index in [1.54, 1.807) is 4.68 Å². The molecular formula is C15H22ClN5O2. The topological polar surface area (TPSA) is 79.3 Å². The Morgan fingerprint density at radius 1 is 1.35 bits per heavy atom. The Bertz CT molecular complexity index is 696. The van der Waals surface area contributed by atoms with Gasteiger partial charge in [-0.1, -0.05) is 18.5 Å². The molecule has 126 valence electrons. The van der Waals surface area contributed by atoms with Gasteiger partial charge in [0.15, 0.2) is 0 Å². The monoisotopic (exact) mass is 339 g/mol. The largest absolute Gasteiger partial charge is 0.393 e. The van der Waals surface area contributed by atoms with E-state index in [4.69, 9.17) is 16.7 Å². The van der Waals surface area contributed by atoms with E-state index in [1.807, 2.05) is 17.8 Å². The second-order valence-electron chi connectivity index (χ2n) is 5.89. The van der Waals surface area contributed by atoms with E-state index >= 15 is 0 Å². The number of aliphatic hydroxyl groups excluding tert-OH is 2. The van der Waals surface area contributed by atoms with Gasteiger partial charge in [0.05, 0.1) is 30.2 Å². The van der Waals surface area contributed by atoms with Crippen LogP contribution in [0.4, 0.5) is 0 Å². The molecule has 3 heterocycles. The molecule has 0 amide bonds. The molecule has 0 fully saturated rings. The minimum Gasteiger partial charge on any atom is -0.393 e. The first-order valence-corrected chi connectivity index (χ1v) is 8.19. The third-order valence-corrected chi connectivity index (χ3v) is 4.75. The maximum Gasteiger partial charge on any atom is 0.131 e. The normalized spacial score (nSPS) is 16.6. The lowest BCUT2D eigenvalue weighted by atomic mass is 10.1. The van der Waals surface area contributed by atoms with Gasteiger partial charge in [0, 0.05) is 32.2 Å². The number of aliphatic hydroxyl groups is 2. The molecule has 1 aliphatic rings. The molecule has 3 rings (SSSR count). The number of hydrogen-bond donors (Lipinski definition) is 2. The van der Waals surface area contributed by atoms with Gasteiger partial charge in [-0.05, 0) is 12.5 Å². The summed E-state index contributed by atoms with van der Waals surface area (Å²) in [5, 5.41) is 28.3. The fourth-order valence-electron chi connectivity index (χ4n) is 3.00. The minimum atomic E-state index is -0.916. The van der Waals surface area contributed by atoms with Crippen LogP contribution in [0.25, 0.3) is 0 Å². The van der Waals surface area contributed by atoms with Crippen molar-refractivity contribution in [3.63, 3.8) is 0 Å². The molecule has 2 aromatic heterocycles. The second-order valence-corrected chi connectivity index (χ2v) is 6.24. The van der Waals surface area contributed by atoms with E-state index < -0.39 is 6.10 Å². The second kappa shape index (κ2) is 6.60. The van der Waals surface area contributed by atoms with Crippen molar-refractivity contribution in [2.75, 3.05) is 13.2 Å². The molecule has 0 saturated heterocycles. The lowest BCUT2D eigenvalue weighted by Gasteiger charge is -2.27. The van der Waals surface area contributed by atoms with Crippen LogP contribution in [-0.2, 0) is 33.1 Å². The van der Waals surface area contributed by atoms with E-state index in [9.17, 15) is 5.11 Å². The highest BCUT2D eigenvalue weighted by atomic mass is 35.5. The molecule has 1 atom stereocenters. The van der Waals surface area contributed by atoms with E-state index in [0.717, 1.165) is 49.6 Å². The first-order valence-electron chi connectivity index (χ1n) is 7.81. The molecule has 0 aliphatic carbocycles. The molecule has 8 heteroatoms. The quantitative estimate of drug-likeness (QED) is 0.845. The standard InChI is InChI=1S/C15H22ClN5O2/c1-3-12-11(15(16)19(2)17-12)8-20-4-5-21-10(7-20)6-13(18-21)14(23)9-22/h6,14,22-23H,3-5,7-9H2,1-2H3/t14-/m0/s1. The van der Waals surface area contributed by atoms with E-state index in [1.165, 1.54) is 0 Å². The zero-order valence-electron chi connectivity index (χ0n) is 13.4. The van der Waals surface area contributed by atoms with Crippen molar-refractivity contribution in [2.24, 2.45) is 7.05 Å². The van der Waals surface area contributed by atoms with Gasteiger partial charge in [-0.25, -0.2) is 0 Å². The molecular weight excluding hydrogens is 318 g/mol. The van der Waals surface area contributed by atoms with Crippen LogP contribution < -0.4 is 0 Å². The molecule has 0 spiro atoms. The van der Waals surface area contributed by atoms with E-state index in [-0.39, 0.29) is 6.61 Å². The van der Waals surface area contributed by atoms with Gasteiger partial charge in [-0.15, -0.1) is 0 Å². The average Bonchev–Trinajstić information content (AvgIpc) is 3.09. The van der Waals surface area contributed by atoms with Gasteiger partial charge >= 0.3 is 0 Å². The van der Waals surface area contributed by atoms with Gasteiger partial charge in [0.2, 0.25) is 0 Å². The van der Waals surface area contributed by atoms with Crippen molar-refractivity contribution in [3.05, 3.63) is 33.9 Å². The minimum absolute atomic E-state index is 0.314. The summed E-state index contributed by atoms with van der Waals surface area (Å²) in [6.45, 7) is 4.87. The van der Waals surface area contributed by atoms with Gasteiger partial charge < -0.3 is 10.2 Å². The van der Waals surface area contributed by atoms with Crippen molar-refractivity contribution in [1.29, 1.82) is 0 Å². The third kappa shape index (κ3) is 3.14. The average molecular weight is 340 g/mol. The number of rotatable bonds is 5. The van der Waals surface area contributed by atoms with Gasteiger partial charge in [0.25, 0.3) is 0 Å². The van der Waals surface area contributed by atoms with Crippen LogP contribution in [0.2, 0.25) is 5.15 Å². The summed E-state index contributed by atoms with van der Waals surface area (Å²) < 4.78 is 3.62. The Kier molecular flexibility index (Phi) is 4.72.